The van der Waals surface area contributed by atoms with Crippen molar-refractivity contribution in [3.05, 3.63) is 53.7 Å². The van der Waals surface area contributed by atoms with E-state index in [-0.39, 0.29) is 0 Å². The lowest BCUT2D eigenvalue weighted by molar-refractivity contribution is 0.229. The summed E-state index contributed by atoms with van der Waals surface area (Å²) in [6.07, 6.45) is 0. The van der Waals surface area contributed by atoms with Gasteiger partial charge < -0.3 is 18.1 Å². The summed E-state index contributed by atoms with van der Waals surface area (Å²) in [6.45, 7) is 12.8. The first-order valence-corrected chi connectivity index (χ1v) is 20.5. The van der Waals surface area contributed by atoms with Crippen LogP contribution >= 0.6 is 92.4 Å². The first kappa shape index (κ1) is 34.5. The Labute approximate surface area is 269 Å². The minimum atomic E-state index is -3.27. The van der Waals surface area contributed by atoms with Crippen LogP contribution in [0.2, 0.25) is 0 Å². The minimum Gasteiger partial charge on any atom is -0.305 e. The van der Waals surface area contributed by atoms with Gasteiger partial charge in [-0.25, -0.2) is 0 Å². The van der Waals surface area contributed by atoms with Crippen LogP contribution in [-0.4, -0.2) is 26.4 Å². The van der Waals surface area contributed by atoms with E-state index in [1.54, 1.807) is 34.0 Å². The summed E-state index contributed by atoms with van der Waals surface area (Å²) in [6, 6.07) is 11.9. The Morgan fingerprint density at radius 1 is 0.600 bits per heavy atom. The van der Waals surface area contributed by atoms with Crippen molar-refractivity contribution in [2.45, 2.75) is 41.5 Å². The molecule has 0 aromatic carbocycles. The molecule has 0 amide bonds. The van der Waals surface area contributed by atoms with Crippen LogP contribution in [0.4, 0.5) is 0 Å². The lowest BCUT2D eigenvalue weighted by atomic mass is 10.3. The van der Waals surface area contributed by atoms with Crippen molar-refractivity contribution in [2.75, 3.05) is 26.4 Å². The highest BCUT2D eigenvalue weighted by molar-refractivity contribution is 9.11. The number of hydrogen-bond donors (Lipinski definition) is 0. The van der Waals surface area contributed by atoms with Crippen LogP contribution in [0.5, 0.6) is 0 Å². The molecule has 0 N–H and O–H groups in total. The van der Waals surface area contributed by atoms with Gasteiger partial charge in [0, 0.05) is 19.5 Å². The van der Waals surface area contributed by atoms with Crippen molar-refractivity contribution in [1.82, 2.24) is 0 Å². The van der Waals surface area contributed by atoms with Crippen LogP contribution < -0.4 is 10.6 Å². The zero-order chi connectivity index (χ0) is 29.5. The highest BCUT2D eigenvalue weighted by Gasteiger charge is 2.33. The molecule has 6 nitrogen and oxygen atoms in total. The molecule has 0 aliphatic carbocycles. The van der Waals surface area contributed by atoms with Crippen molar-refractivity contribution < 1.29 is 27.2 Å². The first-order chi connectivity index (χ1) is 19.0. The third-order valence-electron chi connectivity index (χ3n) is 5.07. The molecular weight excluding hydrogens is 758 g/mol. The molecule has 220 valence electrons. The Kier molecular flexibility index (Phi) is 13.5. The van der Waals surface area contributed by atoms with Crippen LogP contribution in [0.25, 0.3) is 19.5 Å². The molecule has 4 heterocycles. The van der Waals surface area contributed by atoms with E-state index in [1.807, 2.05) is 58.9 Å². The number of thiophene rings is 4. The van der Waals surface area contributed by atoms with Crippen LogP contribution in [0, 0.1) is 13.8 Å². The second kappa shape index (κ2) is 15.7. The van der Waals surface area contributed by atoms with Crippen LogP contribution in [-0.2, 0) is 27.2 Å². The van der Waals surface area contributed by atoms with Gasteiger partial charge in [-0.2, -0.15) is 0 Å². The van der Waals surface area contributed by atoms with Crippen molar-refractivity contribution in [1.29, 1.82) is 0 Å². The highest BCUT2D eigenvalue weighted by atomic mass is 79.9. The zero-order valence-corrected chi connectivity index (χ0v) is 31.3. The van der Waals surface area contributed by atoms with Crippen LogP contribution in [0.15, 0.2) is 44.0 Å². The van der Waals surface area contributed by atoms with Crippen molar-refractivity contribution >= 4 is 103 Å². The van der Waals surface area contributed by atoms with Crippen LogP contribution in [0.3, 0.4) is 0 Å². The topological polar surface area (TPSA) is 71.1 Å². The van der Waals surface area contributed by atoms with Gasteiger partial charge >= 0.3 is 15.2 Å². The van der Waals surface area contributed by atoms with Gasteiger partial charge in [-0.3, -0.25) is 9.13 Å². The Morgan fingerprint density at radius 2 is 1.07 bits per heavy atom. The molecule has 4 aromatic rings. The van der Waals surface area contributed by atoms with Crippen molar-refractivity contribution in [3.8, 4) is 19.5 Å². The predicted molar refractivity (Wildman–Crippen MR) is 181 cm³/mol. The maximum atomic E-state index is 13.0. The molecule has 0 unspecified atom stereocenters. The van der Waals surface area contributed by atoms with Gasteiger partial charge in [-0.1, -0.05) is 0 Å². The summed E-state index contributed by atoms with van der Waals surface area (Å²) in [5.41, 5.74) is 0. The summed E-state index contributed by atoms with van der Waals surface area (Å²) in [5, 5.41) is 1.33. The van der Waals surface area contributed by atoms with E-state index >= 15 is 0 Å². The average molecular weight is 791 g/mol. The number of hydrogen-bond acceptors (Lipinski definition) is 10. The molecule has 0 bridgehead atoms. The fraction of sp³-hybridized carbons (Fsp3) is 0.385. The molecule has 0 radical (unpaired) electrons. The van der Waals surface area contributed by atoms with E-state index in [9.17, 15) is 9.13 Å². The van der Waals surface area contributed by atoms with Crippen LogP contribution in [0.1, 0.15) is 37.4 Å². The fourth-order valence-corrected chi connectivity index (χ4v) is 13.4. The molecule has 40 heavy (non-hydrogen) atoms. The summed E-state index contributed by atoms with van der Waals surface area (Å²) in [5.74, 6) is 0. The van der Waals surface area contributed by atoms with Gasteiger partial charge in [0.1, 0.15) is 0 Å². The van der Waals surface area contributed by atoms with E-state index in [4.69, 9.17) is 18.1 Å². The molecule has 0 aliphatic rings. The number of halogens is 2. The molecule has 4 aromatic heterocycles. The van der Waals surface area contributed by atoms with Gasteiger partial charge in [0.05, 0.1) is 54.4 Å². The second-order valence-electron chi connectivity index (χ2n) is 8.02. The van der Waals surface area contributed by atoms with E-state index in [1.165, 1.54) is 16.2 Å². The smallest absolute Gasteiger partial charge is 0.305 e. The normalized spacial score (nSPS) is 12.0. The molecule has 0 saturated heterocycles. The summed E-state index contributed by atoms with van der Waals surface area (Å²) < 4.78 is 49.8. The molecule has 0 spiro atoms. The first-order valence-electron chi connectivity index (χ1n) is 12.5. The molecule has 0 fully saturated rings. The number of rotatable bonds is 12. The minimum absolute atomic E-state index is 0.346. The third-order valence-corrected chi connectivity index (χ3v) is 15.3. The van der Waals surface area contributed by atoms with E-state index in [2.05, 4.69) is 50.9 Å². The molecule has 0 saturated carbocycles. The zero-order valence-electron chi connectivity index (χ0n) is 23.0. The average Bonchev–Trinajstić information content (AvgIpc) is 3.67. The van der Waals surface area contributed by atoms with Crippen molar-refractivity contribution in [3.63, 3.8) is 0 Å². The molecule has 0 atom stereocenters. The predicted octanol–water partition coefficient (Wildman–Crippen LogP) is 10.9. The largest absolute Gasteiger partial charge is 0.362 e. The van der Waals surface area contributed by atoms with Gasteiger partial charge in [0.25, 0.3) is 0 Å². The van der Waals surface area contributed by atoms with E-state index < -0.39 is 15.2 Å². The molecule has 0 aliphatic heterocycles. The lowest BCUT2D eigenvalue weighted by Crippen LogP contribution is -2.10. The highest BCUT2D eigenvalue weighted by Crippen LogP contribution is 2.53. The Balaban J connectivity index is 0.000000220. The maximum Gasteiger partial charge on any atom is 0.362 e. The molecular formula is C26H32Br2O6P2S4. The number of aryl methyl sites for hydroxylation is 2. The third kappa shape index (κ3) is 8.58. The van der Waals surface area contributed by atoms with Gasteiger partial charge in [0.2, 0.25) is 0 Å². The maximum absolute atomic E-state index is 13.0. The van der Waals surface area contributed by atoms with Gasteiger partial charge in [-0.15, -0.1) is 45.3 Å². The second-order valence-corrected chi connectivity index (χ2v) is 19.4. The summed E-state index contributed by atoms with van der Waals surface area (Å²) >= 11 is 13.4. The molecule has 4 rings (SSSR count). The Bertz CT molecular complexity index is 1360. The van der Waals surface area contributed by atoms with Crippen molar-refractivity contribution in [2.24, 2.45) is 0 Å². The summed E-state index contributed by atoms with van der Waals surface area (Å²) in [4.78, 5) is 6.45. The summed E-state index contributed by atoms with van der Waals surface area (Å²) in [7, 11) is -6.50. The van der Waals surface area contributed by atoms with Gasteiger partial charge in [0.15, 0.2) is 0 Å². The quantitative estimate of drug-likeness (QED) is 0.133. The van der Waals surface area contributed by atoms with Gasteiger partial charge in [-0.05, 0) is 110 Å². The molecule has 14 heteroatoms. The Morgan fingerprint density at radius 3 is 1.52 bits per heavy atom. The standard InChI is InChI=1S/C14H19O3PS2.C12H13Br2O3PS2/c1-5-16-18(15,17-6-2)12-9-11(4)20-14(12)13-8-7-10(3)19-13;1-3-16-18(15,17-4-2)8-7-11(14)20-12(8)9-5-6-10(13)19-9/h7-9H,5-6H2,1-4H3;5-7H,3-4H2,1-2H3. The fourth-order valence-electron chi connectivity index (χ4n) is 3.64. The lowest BCUT2D eigenvalue weighted by Gasteiger charge is -2.17. The Hall–Kier alpha value is 0.0600. The van der Waals surface area contributed by atoms with E-state index in [0.29, 0.717) is 37.0 Å². The van der Waals surface area contributed by atoms with E-state index in [0.717, 1.165) is 32.0 Å². The monoisotopic (exact) mass is 788 g/mol. The SMILES string of the molecule is CCOP(=O)(OCC)c1cc(Br)sc1-c1ccc(Br)s1.CCOP(=O)(OCC)c1cc(C)sc1-c1ccc(C)s1.